The third-order valence-electron chi connectivity index (χ3n) is 5.51. The van der Waals surface area contributed by atoms with Crippen molar-refractivity contribution in [2.24, 2.45) is 0 Å². The van der Waals surface area contributed by atoms with Crippen LogP contribution in [0, 0.1) is 0 Å². The van der Waals surface area contributed by atoms with Crippen LogP contribution in [-0.2, 0) is 6.42 Å². The number of aliphatic hydroxyl groups is 1. The van der Waals surface area contributed by atoms with Gasteiger partial charge in [0.25, 0.3) is 5.91 Å². The number of pyridine rings is 1. The molecule has 0 saturated carbocycles. The van der Waals surface area contributed by atoms with E-state index < -0.39 is 0 Å². The van der Waals surface area contributed by atoms with Gasteiger partial charge in [-0.1, -0.05) is 29.3 Å². The summed E-state index contributed by atoms with van der Waals surface area (Å²) in [6.45, 7) is 1.09. The van der Waals surface area contributed by atoms with Crippen molar-refractivity contribution in [2.75, 3.05) is 41.9 Å². The number of carbonyl (C=O) groups excluding carboxylic acids is 1. The van der Waals surface area contributed by atoms with Gasteiger partial charge >= 0.3 is 0 Å². The van der Waals surface area contributed by atoms with E-state index in [-0.39, 0.29) is 19.1 Å². The number of nitrogens with zero attached hydrogens (tertiary/aromatic N) is 3. The minimum atomic E-state index is -0.252. The van der Waals surface area contributed by atoms with E-state index in [4.69, 9.17) is 23.2 Å². The largest absolute Gasteiger partial charge is 0.395 e. The van der Waals surface area contributed by atoms with Crippen molar-refractivity contribution >= 4 is 52.0 Å². The highest BCUT2D eigenvalue weighted by Crippen LogP contribution is 2.35. The molecule has 1 aliphatic rings. The minimum Gasteiger partial charge on any atom is -0.395 e. The van der Waals surface area contributed by atoms with E-state index in [1.807, 2.05) is 12.1 Å². The Kier molecular flexibility index (Phi) is 6.84. The van der Waals surface area contributed by atoms with Gasteiger partial charge in [-0.05, 0) is 60.9 Å². The molecule has 2 N–H and O–H groups in total. The molecule has 0 unspecified atom stereocenters. The molecule has 3 aromatic rings. The lowest BCUT2D eigenvalue weighted by molar-refractivity contribution is 0.102. The summed E-state index contributed by atoms with van der Waals surface area (Å²) in [6, 6.07) is 14.5. The van der Waals surface area contributed by atoms with Crippen LogP contribution in [0.1, 0.15) is 22.3 Å². The molecule has 0 spiro atoms. The highest BCUT2D eigenvalue weighted by Gasteiger charge is 2.19. The lowest BCUT2D eigenvalue weighted by atomic mass is 10.0. The van der Waals surface area contributed by atoms with Crippen LogP contribution in [0.3, 0.4) is 0 Å². The highest BCUT2D eigenvalue weighted by atomic mass is 35.5. The monoisotopic (exact) mass is 470 g/mol. The smallest absolute Gasteiger partial charge is 0.255 e. The maximum Gasteiger partial charge on any atom is 0.255 e. The van der Waals surface area contributed by atoms with Crippen LogP contribution >= 0.6 is 23.2 Å². The van der Waals surface area contributed by atoms with Crippen LogP contribution in [0.2, 0.25) is 10.0 Å². The number of carbonyl (C=O) groups is 1. The third-order valence-corrected chi connectivity index (χ3v) is 6.13. The van der Waals surface area contributed by atoms with E-state index in [1.165, 1.54) is 5.56 Å². The number of amides is 1. The standard InChI is InChI=1S/C24H24Cl2N4O2/c1-29-11-3-4-16-6-8-18(15-21(16)29)28-24(32)17-7-9-19(25)22(14-17)30(12-13-31)23-20(26)5-2-10-27-23/h2,5-10,14-15,31H,3-4,11-13H2,1H3,(H,28,32). The summed E-state index contributed by atoms with van der Waals surface area (Å²) in [5.74, 6) is 0.206. The van der Waals surface area contributed by atoms with E-state index >= 15 is 0 Å². The molecule has 2 heterocycles. The number of anilines is 4. The molecule has 0 fully saturated rings. The second kappa shape index (κ2) is 9.77. The Morgan fingerprint density at radius 2 is 2.03 bits per heavy atom. The second-order valence-electron chi connectivity index (χ2n) is 7.67. The number of rotatable bonds is 6. The fraction of sp³-hybridized carbons (Fsp3) is 0.250. The molecule has 0 bridgehead atoms. The fourth-order valence-corrected chi connectivity index (χ4v) is 4.36. The Bertz CT molecular complexity index is 1140. The summed E-state index contributed by atoms with van der Waals surface area (Å²) in [4.78, 5) is 21.3. The van der Waals surface area contributed by atoms with E-state index in [1.54, 1.807) is 41.4 Å². The quantitative estimate of drug-likeness (QED) is 0.520. The summed E-state index contributed by atoms with van der Waals surface area (Å²) < 4.78 is 0. The number of aromatic nitrogens is 1. The van der Waals surface area contributed by atoms with Gasteiger partial charge in [-0.2, -0.15) is 0 Å². The fourth-order valence-electron chi connectivity index (χ4n) is 3.92. The average molecular weight is 471 g/mol. The van der Waals surface area contributed by atoms with Crippen molar-refractivity contribution in [1.82, 2.24) is 4.98 Å². The number of benzene rings is 2. The lowest BCUT2D eigenvalue weighted by Crippen LogP contribution is -2.25. The molecule has 0 aliphatic carbocycles. The van der Waals surface area contributed by atoms with Crippen LogP contribution in [-0.4, -0.2) is 42.7 Å². The Morgan fingerprint density at radius 1 is 1.19 bits per heavy atom. The number of fused-ring (bicyclic) bond motifs is 1. The molecule has 0 saturated heterocycles. The molecule has 166 valence electrons. The van der Waals surface area contributed by atoms with E-state index in [2.05, 4.69) is 28.3 Å². The molecule has 1 amide bonds. The van der Waals surface area contributed by atoms with Crippen LogP contribution in [0.25, 0.3) is 0 Å². The van der Waals surface area contributed by atoms with Gasteiger partial charge in [-0.15, -0.1) is 0 Å². The molecule has 6 nitrogen and oxygen atoms in total. The molecule has 0 atom stereocenters. The molecular weight excluding hydrogens is 447 g/mol. The summed E-state index contributed by atoms with van der Waals surface area (Å²) in [7, 11) is 2.06. The van der Waals surface area contributed by atoms with Crippen molar-refractivity contribution in [3.05, 3.63) is 75.9 Å². The van der Waals surface area contributed by atoms with E-state index in [9.17, 15) is 9.90 Å². The first kappa shape index (κ1) is 22.4. The normalized spacial score (nSPS) is 12.9. The average Bonchev–Trinajstić information content (AvgIpc) is 2.79. The van der Waals surface area contributed by atoms with Crippen LogP contribution < -0.4 is 15.1 Å². The van der Waals surface area contributed by atoms with Crippen molar-refractivity contribution < 1.29 is 9.90 Å². The van der Waals surface area contributed by atoms with E-state index in [0.717, 1.165) is 30.8 Å². The Hall–Kier alpha value is -2.80. The maximum atomic E-state index is 13.0. The van der Waals surface area contributed by atoms with Gasteiger partial charge in [0.1, 0.15) is 0 Å². The number of aryl methyl sites for hydroxylation is 1. The lowest BCUT2D eigenvalue weighted by Gasteiger charge is -2.28. The molecule has 1 aromatic heterocycles. The molecule has 0 radical (unpaired) electrons. The Morgan fingerprint density at radius 3 is 2.81 bits per heavy atom. The molecule has 4 rings (SSSR count). The first-order valence-corrected chi connectivity index (χ1v) is 11.2. The summed E-state index contributed by atoms with van der Waals surface area (Å²) in [5.41, 5.74) is 4.14. The topological polar surface area (TPSA) is 68.7 Å². The summed E-state index contributed by atoms with van der Waals surface area (Å²) in [6.07, 6.45) is 3.79. The predicted molar refractivity (Wildman–Crippen MR) is 131 cm³/mol. The van der Waals surface area contributed by atoms with Crippen molar-refractivity contribution in [1.29, 1.82) is 0 Å². The van der Waals surface area contributed by atoms with Gasteiger partial charge in [0, 0.05) is 43.3 Å². The minimum absolute atomic E-state index is 0.137. The second-order valence-corrected chi connectivity index (χ2v) is 8.49. The SMILES string of the molecule is CN1CCCc2ccc(NC(=O)c3ccc(Cl)c(N(CCO)c4ncccc4Cl)c3)cc21. The Balaban J connectivity index is 1.62. The Labute approximate surface area is 197 Å². The van der Waals surface area contributed by atoms with Crippen molar-refractivity contribution in [3.8, 4) is 0 Å². The van der Waals surface area contributed by atoms with Crippen LogP contribution in [0.15, 0.2) is 54.7 Å². The van der Waals surface area contributed by atoms with Crippen LogP contribution in [0.5, 0.6) is 0 Å². The number of nitrogens with one attached hydrogen (secondary N) is 1. The summed E-state index contributed by atoms with van der Waals surface area (Å²) in [5, 5.41) is 13.4. The van der Waals surface area contributed by atoms with Crippen molar-refractivity contribution in [2.45, 2.75) is 12.8 Å². The molecule has 8 heteroatoms. The molecule has 32 heavy (non-hydrogen) atoms. The highest BCUT2D eigenvalue weighted by molar-refractivity contribution is 6.35. The summed E-state index contributed by atoms with van der Waals surface area (Å²) >= 11 is 12.8. The zero-order valence-electron chi connectivity index (χ0n) is 17.7. The van der Waals surface area contributed by atoms with Gasteiger partial charge in [0.15, 0.2) is 5.82 Å². The van der Waals surface area contributed by atoms with Crippen LogP contribution in [0.4, 0.5) is 22.9 Å². The molecule has 1 aliphatic heterocycles. The maximum absolute atomic E-state index is 13.0. The van der Waals surface area contributed by atoms with Crippen molar-refractivity contribution in [3.63, 3.8) is 0 Å². The van der Waals surface area contributed by atoms with Gasteiger partial charge in [-0.3, -0.25) is 4.79 Å². The van der Waals surface area contributed by atoms with Gasteiger partial charge in [0.05, 0.1) is 22.3 Å². The number of hydrogen-bond donors (Lipinski definition) is 2. The first-order valence-electron chi connectivity index (χ1n) is 10.4. The molecular formula is C24H24Cl2N4O2. The third kappa shape index (κ3) is 4.67. The zero-order valence-corrected chi connectivity index (χ0v) is 19.2. The first-order chi connectivity index (χ1) is 15.5. The zero-order chi connectivity index (χ0) is 22.7. The number of hydrogen-bond acceptors (Lipinski definition) is 5. The number of halogens is 2. The van der Waals surface area contributed by atoms with Gasteiger partial charge in [0.2, 0.25) is 0 Å². The predicted octanol–water partition coefficient (Wildman–Crippen LogP) is 5.15. The van der Waals surface area contributed by atoms with E-state index in [0.29, 0.717) is 27.1 Å². The molecule has 2 aromatic carbocycles. The number of aliphatic hydroxyl groups excluding tert-OH is 1. The van der Waals surface area contributed by atoms with Gasteiger partial charge < -0.3 is 20.2 Å². The van der Waals surface area contributed by atoms with Gasteiger partial charge in [-0.25, -0.2) is 4.98 Å².